The van der Waals surface area contributed by atoms with Crippen molar-refractivity contribution < 1.29 is 19.4 Å². The molecule has 0 unspecified atom stereocenters. The molecular formula is C21H17ClO4S. The SMILES string of the molecule is COc1ccc(CC(=O)c2cc(CC(=O)O)c(-c3ccc(Cl)cc3)s2)cc1. The number of rotatable bonds is 7. The largest absolute Gasteiger partial charge is 0.497 e. The van der Waals surface area contributed by atoms with Crippen LogP contribution in [0.15, 0.2) is 54.6 Å². The predicted octanol–water partition coefficient (Wildman–Crippen LogP) is 5.13. The topological polar surface area (TPSA) is 63.6 Å². The number of thiophene rings is 1. The first kappa shape index (κ1) is 19.1. The quantitative estimate of drug-likeness (QED) is 0.558. The second kappa shape index (κ2) is 8.37. The Morgan fingerprint density at radius 1 is 1.04 bits per heavy atom. The molecule has 138 valence electrons. The van der Waals surface area contributed by atoms with Gasteiger partial charge in [0, 0.05) is 16.3 Å². The summed E-state index contributed by atoms with van der Waals surface area (Å²) in [7, 11) is 1.59. The number of carboxylic acid groups (broad SMARTS) is 1. The molecule has 0 saturated heterocycles. The molecule has 0 fully saturated rings. The molecule has 0 saturated carbocycles. The van der Waals surface area contributed by atoms with Crippen molar-refractivity contribution in [1.29, 1.82) is 0 Å². The van der Waals surface area contributed by atoms with Gasteiger partial charge in [0.1, 0.15) is 5.75 Å². The molecule has 0 bridgehead atoms. The number of carbonyl (C=O) groups excluding carboxylic acids is 1. The van der Waals surface area contributed by atoms with Gasteiger partial charge in [0.15, 0.2) is 5.78 Å². The van der Waals surface area contributed by atoms with Gasteiger partial charge in [-0.15, -0.1) is 11.3 Å². The minimum Gasteiger partial charge on any atom is -0.497 e. The molecule has 6 heteroatoms. The lowest BCUT2D eigenvalue weighted by Crippen LogP contribution is -2.02. The molecule has 0 aliphatic heterocycles. The predicted molar refractivity (Wildman–Crippen MR) is 107 cm³/mol. The lowest BCUT2D eigenvalue weighted by atomic mass is 10.0. The Morgan fingerprint density at radius 2 is 1.70 bits per heavy atom. The second-order valence-electron chi connectivity index (χ2n) is 5.99. The van der Waals surface area contributed by atoms with Crippen molar-refractivity contribution in [3.63, 3.8) is 0 Å². The van der Waals surface area contributed by atoms with Crippen LogP contribution in [0.1, 0.15) is 20.8 Å². The Morgan fingerprint density at radius 3 is 2.30 bits per heavy atom. The minimum absolute atomic E-state index is 0.0444. The molecule has 3 rings (SSSR count). The number of benzene rings is 2. The molecule has 1 heterocycles. The molecule has 0 spiro atoms. The average Bonchev–Trinajstić information content (AvgIpc) is 3.06. The number of carboxylic acids is 1. The zero-order valence-electron chi connectivity index (χ0n) is 14.6. The first-order valence-corrected chi connectivity index (χ1v) is 9.42. The maximum absolute atomic E-state index is 12.7. The maximum atomic E-state index is 12.7. The number of aliphatic carboxylic acids is 1. The molecule has 4 nitrogen and oxygen atoms in total. The van der Waals surface area contributed by atoms with Crippen molar-refractivity contribution >= 4 is 34.7 Å². The zero-order valence-corrected chi connectivity index (χ0v) is 16.1. The number of ether oxygens (including phenoxy) is 1. The van der Waals surface area contributed by atoms with Crippen LogP contribution in [-0.4, -0.2) is 24.0 Å². The minimum atomic E-state index is -0.933. The van der Waals surface area contributed by atoms with Crippen LogP contribution in [0.25, 0.3) is 10.4 Å². The fraction of sp³-hybridized carbons (Fsp3) is 0.143. The first-order valence-electron chi connectivity index (χ1n) is 8.23. The fourth-order valence-electron chi connectivity index (χ4n) is 2.72. The molecular weight excluding hydrogens is 384 g/mol. The van der Waals surface area contributed by atoms with Crippen LogP contribution in [0.3, 0.4) is 0 Å². The van der Waals surface area contributed by atoms with Gasteiger partial charge in [-0.3, -0.25) is 9.59 Å². The summed E-state index contributed by atoms with van der Waals surface area (Å²) in [6.07, 6.45) is 0.112. The highest BCUT2D eigenvalue weighted by Gasteiger charge is 2.18. The third kappa shape index (κ3) is 4.76. The molecule has 2 aromatic carbocycles. The van der Waals surface area contributed by atoms with Crippen LogP contribution in [0.5, 0.6) is 5.75 Å². The van der Waals surface area contributed by atoms with Gasteiger partial charge in [0.25, 0.3) is 0 Å². The first-order chi connectivity index (χ1) is 13.0. The van der Waals surface area contributed by atoms with E-state index in [2.05, 4.69) is 0 Å². The van der Waals surface area contributed by atoms with Gasteiger partial charge in [0.2, 0.25) is 0 Å². The van der Waals surface area contributed by atoms with Crippen molar-refractivity contribution in [3.05, 3.63) is 75.6 Å². The van der Waals surface area contributed by atoms with Gasteiger partial charge >= 0.3 is 5.97 Å². The average molecular weight is 401 g/mol. The van der Waals surface area contributed by atoms with E-state index in [-0.39, 0.29) is 18.6 Å². The van der Waals surface area contributed by atoms with E-state index >= 15 is 0 Å². The van der Waals surface area contributed by atoms with Crippen molar-refractivity contribution in [1.82, 2.24) is 0 Å². The number of Topliss-reactive ketones (excluding diaryl/α,β-unsaturated/α-hetero) is 1. The summed E-state index contributed by atoms with van der Waals surface area (Å²) in [6, 6.07) is 16.2. The summed E-state index contributed by atoms with van der Waals surface area (Å²) in [5.41, 5.74) is 2.36. The van der Waals surface area contributed by atoms with Crippen LogP contribution in [-0.2, 0) is 17.6 Å². The highest BCUT2D eigenvalue weighted by atomic mass is 35.5. The van der Waals surface area contributed by atoms with Crippen molar-refractivity contribution in [2.45, 2.75) is 12.8 Å². The molecule has 1 N–H and O–H groups in total. The highest BCUT2D eigenvalue weighted by molar-refractivity contribution is 7.17. The Hall–Kier alpha value is -2.63. The second-order valence-corrected chi connectivity index (χ2v) is 7.48. The molecule has 1 aromatic heterocycles. The molecule has 0 aliphatic carbocycles. The van der Waals surface area contributed by atoms with E-state index in [9.17, 15) is 14.7 Å². The molecule has 0 amide bonds. The van der Waals surface area contributed by atoms with E-state index in [1.54, 1.807) is 25.3 Å². The van der Waals surface area contributed by atoms with E-state index < -0.39 is 5.97 Å². The molecule has 3 aromatic rings. The summed E-state index contributed by atoms with van der Waals surface area (Å²) >= 11 is 7.25. The normalized spacial score (nSPS) is 10.6. The van der Waals surface area contributed by atoms with Gasteiger partial charge in [-0.25, -0.2) is 0 Å². The Balaban J connectivity index is 1.89. The Kier molecular flexibility index (Phi) is 5.94. The van der Waals surface area contributed by atoms with Gasteiger partial charge in [0.05, 0.1) is 18.4 Å². The monoisotopic (exact) mass is 400 g/mol. The van der Waals surface area contributed by atoms with Crippen LogP contribution in [0, 0.1) is 0 Å². The summed E-state index contributed by atoms with van der Waals surface area (Å²) in [4.78, 5) is 25.3. The number of halogens is 1. The van der Waals surface area contributed by atoms with Crippen LogP contribution in [0.4, 0.5) is 0 Å². The van der Waals surface area contributed by atoms with Crippen LogP contribution < -0.4 is 4.74 Å². The van der Waals surface area contributed by atoms with Gasteiger partial charge in [-0.05, 0) is 47.0 Å². The lowest BCUT2D eigenvalue weighted by Gasteiger charge is -2.02. The summed E-state index contributed by atoms with van der Waals surface area (Å²) in [5, 5.41) is 9.80. The number of hydrogen-bond donors (Lipinski definition) is 1. The molecule has 0 aliphatic rings. The Bertz CT molecular complexity index is 959. The van der Waals surface area contributed by atoms with Gasteiger partial charge < -0.3 is 9.84 Å². The van der Waals surface area contributed by atoms with E-state index in [0.717, 1.165) is 21.8 Å². The van der Waals surface area contributed by atoms with E-state index in [4.69, 9.17) is 16.3 Å². The summed E-state index contributed by atoms with van der Waals surface area (Å²) in [5.74, 6) is -0.245. The maximum Gasteiger partial charge on any atom is 0.307 e. The molecule has 0 radical (unpaired) electrons. The van der Waals surface area contributed by atoms with E-state index in [1.165, 1.54) is 11.3 Å². The fourth-order valence-corrected chi connectivity index (χ4v) is 3.97. The number of hydrogen-bond acceptors (Lipinski definition) is 4. The number of methoxy groups -OCH3 is 1. The van der Waals surface area contributed by atoms with Crippen LogP contribution in [0.2, 0.25) is 5.02 Å². The lowest BCUT2D eigenvalue weighted by molar-refractivity contribution is -0.136. The van der Waals surface area contributed by atoms with Crippen molar-refractivity contribution in [3.8, 4) is 16.2 Å². The standard InChI is InChI=1S/C21H17ClO4S/c1-26-17-8-2-13(3-9-17)10-18(23)19-11-15(12-20(24)25)21(27-19)14-4-6-16(22)7-5-14/h2-9,11H,10,12H2,1H3,(H,24,25). The van der Waals surface area contributed by atoms with Crippen molar-refractivity contribution in [2.75, 3.05) is 7.11 Å². The number of carbonyl (C=O) groups is 2. The van der Waals surface area contributed by atoms with Gasteiger partial charge in [-0.1, -0.05) is 35.9 Å². The third-order valence-corrected chi connectivity index (χ3v) is 5.58. The molecule has 0 atom stereocenters. The van der Waals surface area contributed by atoms with Gasteiger partial charge in [-0.2, -0.15) is 0 Å². The summed E-state index contributed by atoms with van der Waals surface area (Å²) < 4.78 is 5.12. The summed E-state index contributed by atoms with van der Waals surface area (Å²) in [6.45, 7) is 0. The zero-order chi connectivity index (χ0) is 19.4. The highest BCUT2D eigenvalue weighted by Crippen LogP contribution is 2.34. The van der Waals surface area contributed by atoms with E-state index in [1.807, 2.05) is 36.4 Å². The Labute approximate surface area is 166 Å². The smallest absolute Gasteiger partial charge is 0.307 e. The van der Waals surface area contributed by atoms with Crippen LogP contribution >= 0.6 is 22.9 Å². The van der Waals surface area contributed by atoms with Crippen molar-refractivity contribution in [2.24, 2.45) is 0 Å². The third-order valence-electron chi connectivity index (χ3n) is 4.06. The number of ketones is 1. The van der Waals surface area contributed by atoms with E-state index in [0.29, 0.717) is 15.5 Å². The molecule has 27 heavy (non-hydrogen) atoms.